The molecule has 1 heterocycles. The summed E-state index contributed by atoms with van der Waals surface area (Å²) in [7, 11) is 2.11. The summed E-state index contributed by atoms with van der Waals surface area (Å²) in [5.41, 5.74) is 7.30. The van der Waals surface area contributed by atoms with Crippen molar-refractivity contribution in [3.63, 3.8) is 0 Å². The predicted octanol–water partition coefficient (Wildman–Crippen LogP) is 1.64. The molecule has 0 bridgehead atoms. The van der Waals surface area contributed by atoms with Crippen LogP contribution in [0.3, 0.4) is 0 Å². The van der Waals surface area contributed by atoms with Gasteiger partial charge in [-0.05, 0) is 38.1 Å². The van der Waals surface area contributed by atoms with E-state index in [2.05, 4.69) is 30.8 Å². The number of hydrogen-bond donors (Lipinski definition) is 1. The van der Waals surface area contributed by atoms with E-state index in [-0.39, 0.29) is 6.04 Å². The highest BCUT2D eigenvalue weighted by molar-refractivity contribution is 5.09. The minimum Gasteiger partial charge on any atom is -0.326 e. The fourth-order valence-corrected chi connectivity index (χ4v) is 1.59. The smallest absolute Gasteiger partial charge is 0.0271 e. The second-order valence-electron chi connectivity index (χ2n) is 4.08. The maximum atomic E-state index is 6.02. The molecule has 0 aliphatic rings. The summed E-state index contributed by atoms with van der Waals surface area (Å²) in [6.07, 6.45) is 4.67. The molecule has 0 saturated carbocycles. The topological polar surface area (TPSA) is 42.1 Å². The number of nitrogens with two attached hydrogens (primary N) is 1. The molecular weight excluding hydrogens is 186 g/mol. The Labute approximate surface area is 92.3 Å². The molecule has 3 heteroatoms. The van der Waals surface area contributed by atoms with Crippen LogP contribution in [-0.4, -0.2) is 29.0 Å². The molecule has 1 rings (SSSR count). The highest BCUT2D eigenvalue weighted by Gasteiger charge is 2.15. The number of likely N-dealkylation sites (N-methyl/N-ethyl adjacent to an activating group) is 1. The van der Waals surface area contributed by atoms with Crippen molar-refractivity contribution in [3.05, 3.63) is 30.1 Å². The molecule has 0 fully saturated rings. The average Bonchev–Trinajstić information content (AvgIpc) is 2.28. The third-order valence-corrected chi connectivity index (χ3v) is 2.97. The van der Waals surface area contributed by atoms with Gasteiger partial charge in [0.25, 0.3) is 0 Å². The Morgan fingerprint density at radius 3 is 2.53 bits per heavy atom. The maximum absolute atomic E-state index is 6.02. The van der Waals surface area contributed by atoms with Crippen LogP contribution in [0.25, 0.3) is 0 Å². The van der Waals surface area contributed by atoms with Crippen molar-refractivity contribution in [2.45, 2.75) is 38.9 Å². The third-order valence-electron chi connectivity index (χ3n) is 2.97. The zero-order valence-electron chi connectivity index (χ0n) is 9.85. The summed E-state index contributed by atoms with van der Waals surface area (Å²) in [5.74, 6) is 0. The number of aromatic nitrogens is 1. The van der Waals surface area contributed by atoms with E-state index >= 15 is 0 Å². The van der Waals surface area contributed by atoms with E-state index in [0.717, 1.165) is 13.0 Å². The van der Waals surface area contributed by atoms with E-state index in [4.69, 9.17) is 5.73 Å². The summed E-state index contributed by atoms with van der Waals surface area (Å²) >= 11 is 0. The fraction of sp³-hybridized carbons (Fsp3) is 0.583. The molecule has 2 unspecified atom stereocenters. The third kappa shape index (κ3) is 3.61. The van der Waals surface area contributed by atoms with E-state index in [1.807, 2.05) is 24.5 Å². The maximum Gasteiger partial charge on any atom is 0.0271 e. The summed E-state index contributed by atoms with van der Waals surface area (Å²) < 4.78 is 0. The van der Waals surface area contributed by atoms with E-state index in [1.165, 1.54) is 5.56 Å². The Bertz CT molecular complexity index is 273. The van der Waals surface area contributed by atoms with Gasteiger partial charge in [-0.3, -0.25) is 9.88 Å². The van der Waals surface area contributed by atoms with Crippen LogP contribution in [0.15, 0.2) is 24.5 Å². The van der Waals surface area contributed by atoms with Gasteiger partial charge in [0.05, 0.1) is 0 Å². The van der Waals surface area contributed by atoms with Crippen molar-refractivity contribution in [1.82, 2.24) is 9.88 Å². The SMILES string of the molecule is CCC(N)C(C)N(C)Cc1ccncc1. The second kappa shape index (κ2) is 5.83. The normalized spacial score (nSPS) is 15.3. The zero-order chi connectivity index (χ0) is 11.3. The first-order chi connectivity index (χ1) is 7.15. The molecule has 0 radical (unpaired) electrons. The predicted molar refractivity (Wildman–Crippen MR) is 63.4 cm³/mol. The van der Waals surface area contributed by atoms with Gasteiger partial charge in [-0.15, -0.1) is 0 Å². The van der Waals surface area contributed by atoms with Crippen molar-refractivity contribution in [2.75, 3.05) is 7.05 Å². The van der Waals surface area contributed by atoms with Crippen LogP contribution in [-0.2, 0) is 6.54 Å². The Morgan fingerprint density at radius 1 is 1.40 bits per heavy atom. The van der Waals surface area contributed by atoms with Crippen LogP contribution < -0.4 is 5.73 Å². The van der Waals surface area contributed by atoms with E-state index < -0.39 is 0 Å². The van der Waals surface area contributed by atoms with Gasteiger partial charge in [-0.1, -0.05) is 6.92 Å². The molecule has 0 amide bonds. The summed E-state index contributed by atoms with van der Waals surface area (Å²) in [6, 6.07) is 4.74. The Hall–Kier alpha value is -0.930. The number of rotatable bonds is 5. The average molecular weight is 207 g/mol. The molecule has 84 valence electrons. The lowest BCUT2D eigenvalue weighted by Crippen LogP contribution is -2.43. The number of pyridine rings is 1. The number of hydrogen-bond acceptors (Lipinski definition) is 3. The molecule has 2 atom stereocenters. The van der Waals surface area contributed by atoms with Crippen LogP contribution >= 0.6 is 0 Å². The van der Waals surface area contributed by atoms with Crippen LogP contribution in [0.2, 0.25) is 0 Å². The first-order valence-corrected chi connectivity index (χ1v) is 5.49. The molecule has 0 aliphatic heterocycles. The van der Waals surface area contributed by atoms with Gasteiger partial charge in [0.1, 0.15) is 0 Å². The highest BCUT2D eigenvalue weighted by atomic mass is 15.1. The second-order valence-corrected chi connectivity index (χ2v) is 4.08. The zero-order valence-corrected chi connectivity index (χ0v) is 9.85. The number of nitrogens with zero attached hydrogens (tertiary/aromatic N) is 2. The highest BCUT2D eigenvalue weighted by Crippen LogP contribution is 2.08. The van der Waals surface area contributed by atoms with Crippen LogP contribution in [0.5, 0.6) is 0 Å². The quantitative estimate of drug-likeness (QED) is 0.798. The Balaban J connectivity index is 2.52. The van der Waals surface area contributed by atoms with Crippen molar-refractivity contribution in [1.29, 1.82) is 0 Å². The molecule has 2 N–H and O–H groups in total. The molecule has 1 aromatic rings. The van der Waals surface area contributed by atoms with Crippen molar-refractivity contribution < 1.29 is 0 Å². The van der Waals surface area contributed by atoms with Crippen LogP contribution in [0, 0.1) is 0 Å². The van der Waals surface area contributed by atoms with Gasteiger partial charge in [0.15, 0.2) is 0 Å². The largest absolute Gasteiger partial charge is 0.326 e. The summed E-state index contributed by atoms with van der Waals surface area (Å²) in [4.78, 5) is 6.29. The molecule has 0 aliphatic carbocycles. The molecule has 0 saturated heterocycles. The van der Waals surface area contributed by atoms with Crippen molar-refractivity contribution in [3.8, 4) is 0 Å². The van der Waals surface area contributed by atoms with Crippen LogP contribution in [0.4, 0.5) is 0 Å². The molecule has 1 aromatic heterocycles. The molecule has 15 heavy (non-hydrogen) atoms. The molecule has 0 aromatic carbocycles. The van der Waals surface area contributed by atoms with E-state index in [1.54, 1.807) is 0 Å². The Kier molecular flexibility index (Phi) is 4.72. The Morgan fingerprint density at radius 2 is 2.00 bits per heavy atom. The lowest BCUT2D eigenvalue weighted by molar-refractivity contribution is 0.215. The van der Waals surface area contributed by atoms with Gasteiger partial charge in [-0.25, -0.2) is 0 Å². The molecule has 0 spiro atoms. The van der Waals surface area contributed by atoms with Gasteiger partial charge in [0, 0.05) is 31.0 Å². The van der Waals surface area contributed by atoms with Gasteiger partial charge < -0.3 is 5.73 Å². The summed E-state index contributed by atoms with van der Waals surface area (Å²) in [5, 5.41) is 0. The fourth-order valence-electron chi connectivity index (χ4n) is 1.59. The van der Waals surface area contributed by atoms with Gasteiger partial charge in [-0.2, -0.15) is 0 Å². The van der Waals surface area contributed by atoms with Gasteiger partial charge in [0.2, 0.25) is 0 Å². The monoisotopic (exact) mass is 207 g/mol. The standard InChI is InChI=1S/C12H21N3/c1-4-12(13)10(2)15(3)9-11-5-7-14-8-6-11/h5-8,10,12H,4,9,13H2,1-3H3. The molecule has 3 nitrogen and oxygen atoms in total. The molecular formula is C12H21N3. The minimum atomic E-state index is 0.247. The minimum absolute atomic E-state index is 0.247. The first-order valence-electron chi connectivity index (χ1n) is 5.49. The van der Waals surface area contributed by atoms with E-state index in [0.29, 0.717) is 6.04 Å². The lowest BCUT2D eigenvalue weighted by Gasteiger charge is -2.29. The van der Waals surface area contributed by atoms with Crippen molar-refractivity contribution >= 4 is 0 Å². The summed E-state index contributed by atoms with van der Waals surface area (Å²) in [6.45, 7) is 5.23. The van der Waals surface area contributed by atoms with Crippen LogP contribution in [0.1, 0.15) is 25.8 Å². The lowest BCUT2D eigenvalue weighted by atomic mass is 10.1. The first kappa shape index (κ1) is 12.1. The van der Waals surface area contributed by atoms with Crippen molar-refractivity contribution in [2.24, 2.45) is 5.73 Å². The van der Waals surface area contributed by atoms with E-state index in [9.17, 15) is 0 Å². The van der Waals surface area contributed by atoms with Gasteiger partial charge >= 0.3 is 0 Å².